The van der Waals surface area contributed by atoms with E-state index in [0.717, 1.165) is 21.6 Å². The van der Waals surface area contributed by atoms with Gasteiger partial charge in [-0.25, -0.2) is 0 Å². The van der Waals surface area contributed by atoms with Crippen molar-refractivity contribution < 1.29 is 9.47 Å². The summed E-state index contributed by atoms with van der Waals surface area (Å²) in [7, 11) is 3.43. The normalized spacial score (nSPS) is 10.8. The van der Waals surface area contributed by atoms with Crippen molar-refractivity contribution in [3.8, 4) is 33.1 Å². The first kappa shape index (κ1) is 15.7. The van der Waals surface area contributed by atoms with Gasteiger partial charge in [0.15, 0.2) is 0 Å². The van der Waals surface area contributed by atoms with Crippen LogP contribution in [0.1, 0.15) is 0 Å². The van der Waals surface area contributed by atoms with Crippen LogP contribution >= 0.6 is 11.3 Å². The quantitative estimate of drug-likeness (QED) is 0.435. The lowest BCUT2D eigenvalue weighted by Crippen LogP contribution is -1.88. The molecule has 0 atom stereocenters. The van der Waals surface area contributed by atoms with Gasteiger partial charge in [-0.2, -0.15) is 0 Å². The van der Waals surface area contributed by atoms with Crippen molar-refractivity contribution in [2.45, 2.75) is 0 Å². The van der Waals surface area contributed by atoms with Crippen molar-refractivity contribution in [3.05, 3.63) is 72.8 Å². The molecule has 124 valence electrons. The van der Waals surface area contributed by atoms with Crippen LogP contribution in [0, 0.1) is 0 Å². The minimum absolute atomic E-state index is 0.869. The lowest BCUT2D eigenvalue weighted by molar-refractivity contribution is 0.411. The van der Waals surface area contributed by atoms with E-state index in [1.807, 2.05) is 24.3 Å². The van der Waals surface area contributed by atoms with Gasteiger partial charge in [-0.3, -0.25) is 0 Å². The van der Waals surface area contributed by atoms with Crippen LogP contribution in [0.3, 0.4) is 0 Å². The third-order valence-corrected chi connectivity index (χ3v) is 5.56. The van der Waals surface area contributed by atoms with E-state index in [9.17, 15) is 0 Å². The van der Waals surface area contributed by atoms with Crippen LogP contribution in [-0.4, -0.2) is 14.2 Å². The summed E-state index contributed by atoms with van der Waals surface area (Å²) < 4.78 is 12.4. The Morgan fingerprint density at radius 2 is 1.20 bits per heavy atom. The number of ether oxygens (including phenoxy) is 2. The largest absolute Gasteiger partial charge is 0.496 e. The molecular weight excluding hydrogens is 328 g/mol. The van der Waals surface area contributed by atoms with Gasteiger partial charge in [-0.15, -0.1) is 11.3 Å². The van der Waals surface area contributed by atoms with Crippen LogP contribution < -0.4 is 9.47 Å². The first-order valence-corrected chi connectivity index (χ1v) is 8.93. The molecule has 0 spiro atoms. The van der Waals surface area contributed by atoms with Crippen molar-refractivity contribution in [1.82, 2.24) is 0 Å². The molecule has 0 amide bonds. The second-order valence-corrected chi connectivity index (χ2v) is 6.73. The second-order valence-electron chi connectivity index (χ2n) is 5.71. The summed E-state index contributed by atoms with van der Waals surface area (Å²) in [6.45, 7) is 0. The molecule has 4 aromatic rings. The van der Waals surface area contributed by atoms with Gasteiger partial charge >= 0.3 is 0 Å². The number of rotatable bonds is 4. The van der Waals surface area contributed by atoms with Gasteiger partial charge in [0, 0.05) is 15.8 Å². The molecular formula is C22H18O2S. The van der Waals surface area contributed by atoms with Crippen LogP contribution in [0.5, 0.6) is 11.5 Å². The van der Waals surface area contributed by atoms with Gasteiger partial charge in [0.05, 0.1) is 18.9 Å². The molecule has 0 saturated carbocycles. The number of fused-ring (bicyclic) bond motifs is 1. The van der Waals surface area contributed by atoms with Crippen molar-refractivity contribution in [2.24, 2.45) is 0 Å². The average molecular weight is 346 g/mol. The van der Waals surface area contributed by atoms with E-state index in [1.54, 1.807) is 25.6 Å². The summed E-state index contributed by atoms with van der Waals surface area (Å²) in [6.07, 6.45) is 0. The molecule has 3 aromatic carbocycles. The van der Waals surface area contributed by atoms with Crippen molar-refractivity contribution >= 4 is 21.4 Å². The molecule has 0 radical (unpaired) electrons. The molecule has 1 aromatic heterocycles. The topological polar surface area (TPSA) is 18.5 Å². The number of hydrogen-bond acceptors (Lipinski definition) is 3. The van der Waals surface area contributed by atoms with E-state index >= 15 is 0 Å². The highest BCUT2D eigenvalue weighted by atomic mass is 32.1. The van der Waals surface area contributed by atoms with E-state index < -0.39 is 0 Å². The number of thiophene rings is 1. The molecule has 1 heterocycles. The zero-order valence-electron chi connectivity index (χ0n) is 14.2. The Bertz CT molecular complexity index is 1000. The maximum Gasteiger partial charge on any atom is 0.136 e. The third-order valence-electron chi connectivity index (χ3n) is 4.30. The summed E-state index contributed by atoms with van der Waals surface area (Å²) in [5.41, 5.74) is 3.58. The smallest absolute Gasteiger partial charge is 0.136 e. The summed E-state index contributed by atoms with van der Waals surface area (Å²) in [5.74, 6) is 1.74. The van der Waals surface area contributed by atoms with Crippen LogP contribution in [-0.2, 0) is 0 Å². The predicted molar refractivity (Wildman–Crippen MR) is 106 cm³/mol. The summed E-state index contributed by atoms with van der Waals surface area (Å²) in [6, 6.07) is 24.9. The summed E-state index contributed by atoms with van der Waals surface area (Å²) >= 11 is 1.75. The van der Waals surface area contributed by atoms with Gasteiger partial charge < -0.3 is 9.47 Å². The van der Waals surface area contributed by atoms with Gasteiger partial charge in [0.2, 0.25) is 0 Å². The molecule has 0 aliphatic heterocycles. The molecule has 3 heteroatoms. The van der Waals surface area contributed by atoms with Crippen LogP contribution in [0.25, 0.3) is 31.7 Å². The Kier molecular flexibility index (Phi) is 4.16. The van der Waals surface area contributed by atoms with Crippen molar-refractivity contribution in [3.63, 3.8) is 0 Å². The van der Waals surface area contributed by atoms with E-state index in [1.165, 1.54) is 21.6 Å². The zero-order chi connectivity index (χ0) is 17.2. The maximum absolute atomic E-state index is 5.69. The van der Waals surface area contributed by atoms with Crippen molar-refractivity contribution in [1.29, 1.82) is 0 Å². The highest BCUT2D eigenvalue weighted by Crippen LogP contribution is 2.50. The minimum Gasteiger partial charge on any atom is -0.496 e. The number of hydrogen-bond donors (Lipinski definition) is 0. The molecule has 0 bridgehead atoms. The Morgan fingerprint density at radius 1 is 0.640 bits per heavy atom. The number of methoxy groups -OCH3 is 2. The van der Waals surface area contributed by atoms with Gasteiger partial charge in [-0.1, -0.05) is 60.7 Å². The fourth-order valence-corrected chi connectivity index (χ4v) is 4.49. The first-order chi connectivity index (χ1) is 12.3. The Balaban J connectivity index is 2.14. The van der Waals surface area contributed by atoms with Gasteiger partial charge in [0.1, 0.15) is 11.5 Å². The second kappa shape index (κ2) is 6.61. The van der Waals surface area contributed by atoms with Crippen LogP contribution in [0.2, 0.25) is 0 Å². The van der Waals surface area contributed by atoms with Gasteiger partial charge in [0.25, 0.3) is 0 Å². The fraction of sp³-hybridized carbons (Fsp3) is 0.0909. The van der Waals surface area contributed by atoms with E-state index in [-0.39, 0.29) is 0 Å². The molecule has 0 N–H and O–H groups in total. The van der Waals surface area contributed by atoms with Gasteiger partial charge in [-0.05, 0) is 23.3 Å². The first-order valence-electron chi connectivity index (χ1n) is 8.12. The highest BCUT2D eigenvalue weighted by molar-refractivity contribution is 7.23. The summed E-state index contributed by atoms with van der Waals surface area (Å²) in [4.78, 5) is 1.23. The SMILES string of the molecule is COc1ccc(OC)c2c(-c3ccccc3)c(-c3ccccc3)sc12. The lowest BCUT2D eigenvalue weighted by atomic mass is 9.98. The number of benzene rings is 3. The van der Waals surface area contributed by atoms with Crippen LogP contribution in [0.15, 0.2) is 72.8 Å². The molecule has 4 rings (SSSR count). The Morgan fingerprint density at radius 3 is 1.80 bits per heavy atom. The molecule has 25 heavy (non-hydrogen) atoms. The molecule has 0 unspecified atom stereocenters. The van der Waals surface area contributed by atoms with E-state index in [4.69, 9.17) is 9.47 Å². The Hall–Kier alpha value is -2.78. The third kappa shape index (κ3) is 2.67. The molecule has 0 aliphatic carbocycles. The monoisotopic (exact) mass is 346 g/mol. The molecule has 0 aliphatic rings. The molecule has 0 saturated heterocycles. The van der Waals surface area contributed by atoms with Crippen molar-refractivity contribution in [2.75, 3.05) is 14.2 Å². The van der Waals surface area contributed by atoms with Crippen LogP contribution in [0.4, 0.5) is 0 Å². The lowest BCUT2D eigenvalue weighted by Gasteiger charge is -2.09. The zero-order valence-corrected chi connectivity index (χ0v) is 15.0. The Labute approximate surface area is 151 Å². The minimum atomic E-state index is 0.869. The fourth-order valence-electron chi connectivity index (χ4n) is 3.15. The predicted octanol–water partition coefficient (Wildman–Crippen LogP) is 6.25. The molecule has 0 fully saturated rings. The van der Waals surface area contributed by atoms with E-state index in [2.05, 4.69) is 48.5 Å². The van der Waals surface area contributed by atoms with E-state index in [0.29, 0.717) is 0 Å². The average Bonchev–Trinajstić information content (AvgIpc) is 3.09. The maximum atomic E-state index is 5.69. The standard InChI is InChI=1S/C22H18O2S/c1-23-17-13-14-18(24-2)22-20(17)19(15-9-5-3-6-10-15)21(25-22)16-11-7-4-8-12-16/h3-14H,1-2H3. The molecule has 2 nitrogen and oxygen atoms in total. The highest BCUT2D eigenvalue weighted by Gasteiger charge is 2.21. The summed E-state index contributed by atoms with van der Waals surface area (Å²) in [5, 5.41) is 1.11.